The van der Waals surface area contributed by atoms with E-state index in [-0.39, 0.29) is 6.42 Å². The maximum Gasteiger partial charge on any atom is 0.389 e. The van der Waals surface area contributed by atoms with Gasteiger partial charge in [-0.05, 0) is 32.6 Å². The van der Waals surface area contributed by atoms with Crippen LogP contribution in [0.3, 0.4) is 0 Å². The number of hydrogen-bond donors (Lipinski definition) is 2. The van der Waals surface area contributed by atoms with Crippen LogP contribution in [0, 0.1) is 0 Å². The van der Waals surface area contributed by atoms with E-state index in [0.717, 1.165) is 31.0 Å². The molecule has 0 amide bonds. The highest BCUT2D eigenvalue weighted by Gasteiger charge is 2.27. The van der Waals surface area contributed by atoms with E-state index < -0.39 is 12.6 Å². The van der Waals surface area contributed by atoms with Crippen LogP contribution in [0.2, 0.25) is 0 Å². The molecule has 0 saturated heterocycles. The fraction of sp³-hybridized carbons (Fsp3) is 0.714. The van der Waals surface area contributed by atoms with E-state index in [4.69, 9.17) is 0 Å². The topological polar surface area (TPSA) is 49.8 Å². The van der Waals surface area contributed by atoms with E-state index >= 15 is 0 Å². The molecule has 2 N–H and O–H groups in total. The third-order valence-electron chi connectivity index (χ3n) is 3.24. The Morgan fingerprint density at radius 3 is 2.38 bits per heavy atom. The Bertz CT molecular complexity index is 458. The van der Waals surface area contributed by atoms with Gasteiger partial charge in [0, 0.05) is 31.5 Å². The predicted octanol–water partition coefficient (Wildman–Crippen LogP) is 3.93. The summed E-state index contributed by atoms with van der Waals surface area (Å²) in [5.74, 6) is 2.72. The van der Waals surface area contributed by atoms with Gasteiger partial charge < -0.3 is 10.6 Å². The molecule has 1 aromatic rings. The first kappa shape index (κ1) is 15.9. The first-order valence-corrected chi connectivity index (χ1v) is 7.41. The Morgan fingerprint density at radius 2 is 1.81 bits per heavy atom. The zero-order chi connectivity index (χ0) is 15.3. The van der Waals surface area contributed by atoms with Crippen LogP contribution in [0.5, 0.6) is 0 Å². The van der Waals surface area contributed by atoms with Crippen molar-refractivity contribution in [3.8, 4) is 0 Å². The molecule has 0 bridgehead atoms. The largest absolute Gasteiger partial charge is 0.389 e. The van der Waals surface area contributed by atoms with Gasteiger partial charge in [0.2, 0.25) is 0 Å². The molecule has 118 valence electrons. The summed E-state index contributed by atoms with van der Waals surface area (Å²) >= 11 is 0. The molecule has 0 atom stereocenters. The molecule has 7 heteroatoms. The molecule has 1 heterocycles. The van der Waals surface area contributed by atoms with Gasteiger partial charge in [0.1, 0.15) is 17.5 Å². The molecule has 0 aliphatic heterocycles. The Morgan fingerprint density at radius 1 is 1.14 bits per heavy atom. The molecule has 2 rings (SSSR count). The highest BCUT2D eigenvalue weighted by molar-refractivity contribution is 5.48. The predicted molar refractivity (Wildman–Crippen MR) is 76.6 cm³/mol. The second kappa shape index (κ2) is 6.95. The minimum atomic E-state index is -4.06. The van der Waals surface area contributed by atoms with E-state index in [0.29, 0.717) is 24.7 Å². The van der Waals surface area contributed by atoms with Crippen molar-refractivity contribution in [1.29, 1.82) is 0 Å². The lowest BCUT2D eigenvalue weighted by Gasteiger charge is -2.11. The Labute approximate surface area is 122 Å². The minimum absolute atomic E-state index is 0.136. The van der Waals surface area contributed by atoms with E-state index in [1.165, 1.54) is 0 Å². The lowest BCUT2D eigenvalue weighted by molar-refractivity contribution is -0.135. The molecular weight excluding hydrogens is 281 g/mol. The lowest BCUT2D eigenvalue weighted by Crippen LogP contribution is -2.10. The summed E-state index contributed by atoms with van der Waals surface area (Å²) in [6, 6.07) is 1.80. The Balaban J connectivity index is 1.84. The van der Waals surface area contributed by atoms with Gasteiger partial charge in [-0.15, -0.1) is 0 Å². The molecular formula is C14H21F3N4. The quantitative estimate of drug-likeness (QED) is 0.714. The van der Waals surface area contributed by atoms with Crippen molar-refractivity contribution in [2.75, 3.05) is 23.7 Å². The number of rotatable bonds is 8. The average molecular weight is 302 g/mol. The van der Waals surface area contributed by atoms with Crippen LogP contribution >= 0.6 is 0 Å². The third-order valence-corrected chi connectivity index (χ3v) is 3.24. The van der Waals surface area contributed by atoms with Gasteiger partial charge in [-0.1, -0.05) is 0 Å². The van der Waals surface area contributed by atoms with Crippen LogP contribution < -0.4 is 10.6 Å². The average Bonchev–Trinajstić information content (AvgIpc) is 3.21. The number of nitrogens with zero attached hydrogens (tertiary/aromatic N) is 2. The molecule has 1 saturated carbocycles. The molecule has 0 spiro atoms. The van der Waals surface area contributed by atoms with Gasteiger partial charge >= 0.3 is 6.18 Å². The highest BCUT2D eigenvalue weighted by Crippen LogP contribution is 2.38. The van der Waals surface area contributed by atoms with Crippen LogP contribution in [0.25, 0.3) is 0 Å². The fourth-order valence-electron chi connectivity index (χ4n) is 2.02. The summed E-state index contributed by atoms with van der Waals surface area (Å²) in [5, 5.41) is 6.25. The third kappa shape index (κ3) is 5.77. The van der Waals surface area contributed by atoms with Gasteiger partial charge in [0.25, 0.3) is 0 Å². The highest BCUT2D eigenvalue weighted by atomic mass is 19.4. The first-order chi connectivity index (χ1) is 9.98. The minimum Gasteiger partial charge on any atom is -0.370 e. The molecule has 4 nitrogen and oxygen atoms in total. The summed E-state index contributed by atoms with van der Waals surface area (Å²) < 4.78 is 36.1. The van der Waals surface area contributed by atoms with Crippen molar-refractivity contribution in [1.82, 2.24) is 9.97 Å². The zero-order valence-corrected chi connectivity index (χ0v) is 12.1. The van der Waals surface area contributed by atoms with Crippen LogP contribution in [0.1, 0.15) is 50.8 Å². The summed E-state index contributed by atoms with van der Waals surface area (Å²) in [5.41, 5.74) is 0. The monoisotopic (exact) mass is 302 g/mol. The van der Waals surface area contributed by atoms with E-state index in [2.05, 4.69) is 20.6 Å². The summed E-state index contributed by atoms with van der Waals surface area (Å²) in [4.78, 5) is 8.89. The van der Waals surface area contributed by atoms with Gasteiger partial charge in [-0.25, -0.2) is 9.97 Å². The second-order valence-corrected chi connectivity index (χ2v) is 5.30. The van der Waals surface area contributed by atoms with Gasteiger partial charge in [0.15, 0.2) is 0 Å². The van der Waals surface area contributed by atoms with Crippen molar-refractivity contribution in [2.45, 2.75) is 51.1 Å². The Hall–Kier alpha value is -1.53. The SMILES string of the molecule is CCNc1cc(NCCCCC(F)(F)F)nc(C2CC2)n1. The number of nitrogens with one attached hydrogen (secondary N) is 2. The van der Waals surface area contributed by atoms with Crippen LogP contribution in [-0.4, -0.2) is 29.2 Å². The number of unbranched alkanes of at least 4 members (excludes halogenated alkanes) is 1. The van der Waals surface area contributed by atoms with Gasteiger partial charge in [-0.2, -0.15) is 13.2 Å². The number of aromatic nitrogens is 2. The number of alkyl halides is 3. The van der Waals surface area contributed by atoms with Crippen LogP contribution in [-0.2, 0) is 0 Å². The smallest absolute Gasteiger partial charge is 0.370 e. The molecule has 1 aliphatic carbocycles. The second-order valence-electron chi connectivity index (χ2n) is 5.30. The van der Waals surface area contributed by atoms with Gasteiger partial charge in [-0.3, -0.25) is 0 Å². The first-order valence-electron chi connectivity index (χ1n) is 7.41. The molecule has 0 aromatic carbocycles. The van der Waals surface area contributed by atoms with Crippen molar-refractivity contribution in [3.05, 3.63) is 11.9 Å². The van der Waals surface area contributed by atoms with E-state index in [1.807, 2.05) is 6.92 Å². The molecule has 0 radical (unpaired) electrons. The Kier molecular flexibility index (Phi) is 5.25. The van der Waals surface area contributed by atoms with Crippen LogP contribution in [0.4, 0.5) is 24.8 Å². The zero-order valence-electron chi connectivity index (χ0n) is 12.1. The molecule has 1 aromatic heterocycles. The number of halogens is 3. The van der Waals surface area contributed by atoms with Crippen LogP contribution in [0.15, 0.2) is 6.07 Å². The van der Waals surface area contributed by atoms with Gasteiger partial charge in [0.05, 0.1) is 0 Å². The lowest BCUT2D eigenvalue weighted by atomic mass is 10.2. The summed E-state index contributed by atoms with van der Waals surface area (Å²) in [6.07, 6.45) is -1.96. The summed E-state index contributed by atoms with van der Waals surface area (Å²) in [7, 11) is 0. The van der Waals surface area contributed by atoms with E-state index in [9.17, 15) is 13.2 Å². The maximum atomic E-state index is 12.0. The van der Waals surface area contributed by atoms with Crippen molar-refractivity contribution in [2.24, 2.45) is 0 Å². The standard InChI is InChI=1S/C14H21F3N4/c1-2-18-11-9-12(21-13(20-11)10-5-6-10)19-8-4-3-7-14(15,16)17/h9-10H,2-8H2,1H3,(H2,18,19,20,21). The number of hydrogen-bond acceptors (Lipinski definition) is 4. The molecule has 1 aliphatic rings. The molecule has 1 fully saturated rings. The van der Waals surface area contributed by atoms with Crippen molar-refractivity contribution < 1.29 is 13.2 Å². The number of anilines is 2. The molecule has 21 heavy (non-hydrogen) atoms. The van der Waals surface area contributed by atoms with Crippen molar-refractivity contribution in [3.63, 3.8) is 0 Å². The summed E-state index contributed by atoms with van der Waals surface area (Å²) in [6.45, 7) is 3.25. The molecule has 0 unspecified atom stereocenters. The maximum absolute atomic E-state index is 12.0. The van der Waals surface area contributed by atoms with E-state index in [1.54, 1.807) is 6.07 Å². The van der Waals surface area contributed by atoms with Crippen molar-refractivity contribution >= 4 is 11.6 Å². The fourth-order valence-corrected chi connectivity index (χ4v) is 2.02. The normalized spacial score (nSPS) is 15.0.